The summed E-state index contributed by atoms with van der Waals surface area (Å²) < 4.78 is 23.2. The van der Waals surface area contributed by atoms with E-state index in [0.717, 1.165) is 18.4 Å². The molecule has 1 fully saturated rings. The molecule has 3 rings (SSSR count). The Labute approximate surface area is 155 Å². The number of carbonyl (C=O) groups excluding carboxylic acids is 1. The Balaban J connectivity index is 1.63. The topological polar surface area (TPSA) is 67.3 Å². The number of nitrogens with one attached hydrogen (secondary N) is 1. The number of hydrogen-bond acceptors (Lipinski definition) is 5. The predicted octanol–water partition coefficient (Wildman–Crippen LogP) is 4.10. The minimum absolute atomic E-state index is 0.168. The van der Waals surface area contributed by atoms with E-state index in [1.54, 1.807) is 24.0 Å². The van der Waals surface area contributed by atoms with Crippen LogP contribution in [0.15, 0.2) is 23.8 Å². The van der Waals surface area contributed by atoms with Crippen LogP contribution in [0.25, 0.3) is 6.08 Å². The fraction of sp³-hybridized carbons (Fsp3) is 0.389. The Morgan fingerprint density at radius 1 is 1.38 bits per heavy atom. The van der Waals surface area contributed by atoms with E-state index < -0.39 is 0 Å². The summed E-state index contributed by atoms with van der Waals surface area (Å²) in [4.78, 5) is 18.3. The maximum atomic E-state index is 14.1. The normalized spacial score (nSPS) is 16.4. The summed E-state index contributed by atoms with van der Waals surface area (Å²) >= 11 is 1.17. The first-order valence-electron chi connectivity index (χ1n) is 8.44. The number of urea groups is 1. The molecule has 1 N–H and O–H groups in total. The average molecular weight is 376 g/mol. The Kier molecular flexibility index (Phi) is 5.82. The minimum atomic E-state index is -0.303. The van der Waals surface area contributed by atoms with Gasteiger partial charge in [0.05, 0.1) is 7.11 Å². The van der Waals surface area contributed by atoms with Gasteiger partial charge in [0.2, 0.25) is 5.13 Å². The molecule has 8 heteroatoms. The molecule has 0 aliphatic carbocycles. The van der Waals surface area contributed by atoms with Crippen LogP contribution in [0.1, 0.15) is 30.7 Å². The highest BCUT2D eigenvalue weighted by Crippen LogP contribution is 2.24. The molecule has 0 radical (unpaired) electrons. The molecule has 0 atom stereocenters. The van der Waals surface area contributed by atoms with E-state index >= 15 is 0 Å². The van der Waals surface area contributed by atoms with Crippen molar-refractivity contribution < 1.29 is 13.9 Å². The van der Waals surface area contributed by atoms with Crippen molar-refractivity contribution in [1.29, 1.82) is 0 Å². The highest BCUT2D eigenvalue weighted by molar-refractivity contribution is 7.09. The lowest BCUT2D eigenvalue weighted by molar-refractivity contribution is 0.214. The van der Waals surface area contributed by atoms with Gasteiger partial charge in [0.1, 0.15) is 17.4 Å². The first-order chi connectivity index (χ1) is 12.5. The number of nitrogens with zero attached hydrogens (tertiary/aromatic N) is 3. The molecule has 2 amide bonds. The smallest absolute Gasteiger partial charge is 0.323 e. The second kappa shape index (κ2) is 8.27. The molecule has 1 aliphatic rings. The number of anilines is 1. The quantitative estimate of drug-likeness (QED) is 0.876. The van der Waals surface area contributed by atoms with Gasteiger partial charge < -0.3 is 9.64 Å². The van der Waals surface area contributed by atoms with Crippen molar-refractivity contribution in [3.05, 3.63) is 41.0 Å². The largest absolute Gasteiger partial charge is 0.497 e. The maximum absolute atomic E-state index is 14.1. The summed E-state index contributed by atoms with van der Waals surface area (Å²) in [5, 5.41) is 3.29. The van der Waals surface area contributed by atoms with Crippen molar-refractivity contribution in [3.63, 3.8) is 0 Å². The lowest BCUT2D eigenvalue weighted by Crippen LogP contribution is -2.35. The van der Waals surface area contributed by atoms with Gasteiger partial charge in [0, 0.05) is 36.3 Å². The molecular weight excluding hydrogens is 355 g/mol. The second-order valence-corrected chi connectivity index (χ2v) is 6.86. The Morgan fingerprint density at radius 2 is 2.23 bits per heavy atom. The number of halogens is 1. The highest BCUT2D eigenvalue weighted by atomic mass is 32.1. The van der Waals surface area contributed by atoms with Gasteiger partial charge in [-0.15, -0.1) is 0 Å². The predicted molar refractivity (Wildman–Crippen MR) is 100 cm³/mol. The minimum Gasteiger partial charge on any atom is -0.497 e. The lowest BCUT2D eigenvalue weighted by atomic mass is 10.0. The maximum Gasteiger partial charge on any atom is 0.323 e. The molecule has 0 bridgehead atoms. The molecule has 0 unspecified atom stereocenters. The SMILES string of the molecule is COc1ccc(C=C2CCCN(C(=O)Nc3nc(C)ns3)CC2)c(F)c1. The summed E-state index contributed by atoms with van der Waals surface area (Å²) in [7, 11) is 1.51. The van der Waals surface area contributed by atoms with E-state index in [9.17, 15) is 9.18 Å². The third kappa shape index (κ3) is 4.57. The third-order valence-corrected chi connectivity index (χ3v) is 4.95. The second-order valence-electron chi connectivity index (χ2n) is 6.11. The number of likely N-dealkylation sites (tertiary alicyclic amines) is 1. The van der Waals surface area contributed by atoms with Crippen molar-refractivity contribution in [2.75, 3.05) is 25.5 Å². The van der Waals surface area contributed by atoms with Crippen LogP contribution in [0, 0.1) is 12.7 Å². The fourth-order valence-electron chi connectivity index (χ4n) is 2.85. The van der Waals surface area contributed by atoms with Crippen LogP contribution in [0.2, 0.25) is 0 Å². The van der Waals surface area contributed by atoms with Crippen LogP contribution in [0.4, 0.5) is 14.3 Å². The molecular formula is C18H21FN4O2S. The van der Waals surface area contributed by atoms with Crippen molar-refractivity contribution in [2.24, 2.45) is 0 Å². The Morgan fingerprint density at radius 3 is 2.92 bits per heavy atom. The van der Waals surface area contributed by atoms with E-state index in [-0.39, 0.29) is 11.8 Å². The molecule has 0 spiro atoms. The van der Waals surface area contributed by atoms with Crippen molar-refractivity contribution in [3.8, 4) is 5.75 Å². The van der Waals surface area contributed by atoms with Gasteiger partial charge in [-0.25, -0.2) is 14.2 Å². The van der Waals surface area contributed by atoms with Crippen LogP contribution < -0.4 is 10.1 Å². The number of rotatable bonds is 3. The molecule has 1 aliphatic heterocycles. The molecule has 1 saturated heterocycles. The van der Waals surface area contributed by atoms with Gasteiger partial charge in [-0.05, 0) is 38.3 Å². The number of carbonyl (C=O) groups is 1. The van der Waals surface area contributed by atoms with Gasteiger partial charge in [0.15, 0.2) is 0 Å². The Bertz CT molecular complexity index is 821. The van der Waals surface area contributed by atoms with Gasteiger partial charge in [-0.1, -0.05) is 11.6 Å². The third-order valence-electron chi connectivity index (χ3n) is 4.22. The standard InChI is InChI=1S/C18H21FN4O2S/c1-12-20-17(26-22-12)21-18(24)23-8-3-4-13(7-9-23)10-14-5-6-15(25-2)11-16(14)19/h5-6,10-11H,3-4,7-9H2,1-2H3,(H,20,21,22,24). The zero-order valence-corrected chi connectivity index (χ0v) is 15.6. The zero-order valence-electron chi connectivity index (χ0n) is 14.8. The van der Waals surface area contributed by atoms with Crippen LogP contribution in [0.5, 0.6) is 5.75 Å². The Hall–Kier alpha value is -2.48. The van der Waals surface area contributed by atoms with E-state index in [1.807, 2.05) is 6.08 Å². The molecule has 1 aromatic heterocycles. The van der Waals surface area contributed by atoms with Crippen LogP contribution in [-0.4, -0.2) is 40.5 Å². The molecule has 2 heterocycles. The van der Waals surface area contributed by atoms with E-state index in [4.69, 9.17) is 4.74 Å². The van der Waals surface area contributed by atoms with E-state index in [2.05, 4.69) is 14.7 Å². The van der Waals surface area contributed by atoms with Crippen LogP contribution >= 0.6 is 11.5 Å². The van der Waals surface area contributed by atoms with Gasteiger partial charge in [0.25, 0.3) is 0 Å². The molecule has 6 nitrogen and oxygen atoms in total. The first-order valence-corrected chi connectivity index (χ1v) is 9.21. The number of aryl methyl sites for hydroxylation is 1. The van der Waals surface area contributed by atoms with Gasteiger partial charge >= 0.3 is 6.03 Å². The molecule has 2 aromatic rings. The zero-order chi connectivity index (χ0) is 18.5. The van der Waals surface area contributed by atoms with Gasteiger partial charge in [-0.3, -0.25) is 5.32 Å². The summed E-state index contributed by atoms with van der Waals surface area (Å²) in [5.74, 6) is 0.843. The summed E-state index contributed by atoms with van der Waals surface area (Å²) in [5.41, 5.74) is 1.68. The number of amides is 2. The summed E-state index contributed by atoms with van der Waals surface area (Å²) in [6.45, 7) is 3.03. The number of hydrogen-bond donors (Lipinski definition) is 1. The van der Waals surface area contributed by atoms with Crippen molar-refractivity contribution in [2.45, 2.75) is 26.2 Å². The molecule has 26 heavy (non-hydrogen) atoms. The van der Waals surface area contributed by atoms with E-state index in [1.165, 1.54) is 24.7 Å². The lowest BCUT2D eigenvalue weighted by Gasteiger charge is -2.19. The highest BCUT2D eigenvalue weighted by Gasteiger charge is 2.18. The number of ether oxygens (including phenoxy) is 1. The summed E-state index contributed by atoms with van der Waals surface area (Å²) in [6.07, 6.45) is 4.28. The molecule has 138 valence electrons. The van der Waals surface area contributed by atoms with Gasteiger partial charge in [-0.2, -0.15) is 4.37 Å². The molecule has 1 aromatic carbocycles. The monoisotopic (exact) mass is 376 g/mol. The van der Waals surface area contributed by atoms with Crippen molar-refractivity contribution >= 4 is 28.8 Å². The first kappa shape index (κ1) is 18.3. The number of methoxy groups -OCH3 is 1. The number of aromatic nitrogens is 2. The van der Waals surface area contributed by atoms with E-state index in [0.29, 0.717) is 41.8 Å². The molecule has 0 saturated carbocycles. The summed E-state index contributed by atoms with van der Waals surface area (Å²) in [6, 6.07) is 4.68. The average Bonchev–Trinajstić information content (AvgIpc) is 2.89. The van der Waals surface area contributed by atoms with Crippen LogP contribution in [-0.2, 0) is 0 Å². The fourth-order valence-corrected chi connectivity index (χ4v) is 3.42. The van der Waals surface area contributed by atoms with Crippen molar-refractivity contribution in [1.82, 2.24) is 14.3 Å². The van der Waals surface area contributed by atoms with Crippen LogP contribution in [0.3, 0.4) is 0 Å². The number of benzene rings is 1.